The van der Waals surface area contributed by atoms with Gasteiger partial charge in [0.1, 0.15) is 139 Å². The summed E-state index contributed by atoms with van der Waals surface area (Å²) >= 11 is 0. The standard InChI is InChI=1S/C69H112O37/c1-25-50(102-57-49(89)51(30(75)19-93-57)103-61-53(90)68(92,23-72)24-97-61)44(84)48(88)58(98-25)104-52-37(77)29(74)18-94-60(52)106-62(91)69-13-12-63(2,3)14-27(69)26-8-9-35-64(4)15-28(73)54(65(5,22-71)34(64)10-11-66(35,6)67(26,7)16-36(69)76)105-59-47(87)43(83)40(80)33(101-59)21-96-56-46(86)42(82)39(79)32(100-56)20-95-55-45(85)41(81)38(78)31(17-70)99-55/h8,25,27-61,70-90,92H,9-24H2,1-7H3/t25-,27+,28-,29-,30+,31+,32+,33+,34-,35+,36+,37-,38+,39+,40+,41-,42-,43-,44-,45+,46+,47+,48+,49+,50-,51-,52+,53-,54-,55+,56+,57-,58-,59-,60-,61-,64-,65-,66+,67+,68+,69+/m0/s1. The molecular weight excluding hydrogens is 1420 g/mol. The van der Waals surface area contributed by atoms with Crippen LogP contribution in [0.4, 0.5) is 0 Å². The maximum absolute atomic E-state index is 15.6. The van der Waals surface area contributed by atoms with Crippen molar-refractivity contribution in [1.82, 2.24) is 0 Å². The molecule has 0 unspecified atom stereocenters. The fraction of sp³-hybridized carbons (Fsp3) is 0.957. The Balaban J connectivity index is 0.717. The van der Waals surface area contributed by atoms with Crippen LogP contribution in [0.2, 0.25) is 0 Å². The molecule has 42 atom stereocenters. The van der Waals surface area contributed by atoms with Crippen molar-refractivity contribution in [2.75, 3.05) is 52.9 Å². The second-order valence-electron chi connectivity index (χ2n) is 33.7. The molecule has 12 aliphatic rings. The van der Waals surface area contributed by atoms with Gasteiger partial charge in [-0.05, 0) is 97.7 Å². The number of hydrogen-bond donors (Lipinski definition) is 22. The Morgan fingerprint density at radius 3 is 1.65 bits per heavy atom. The lowest BCUT2D eigenvalue weighted by molar-refractivity contribution is -0.372. The van der Waals surface area contributed by atoms with E-state index in [1.165, 1.54) is 6.92 Å². The molecule has 5 aliphatic carbocycles. The number of rotatable bonds is 19. The third kappa shape index (κ3) is 14.2. The number of aliphatic hydroxyl groups is 22. The zero-order valence-electron chi connectivity index (χ0n) is 60.1. The summed E-state index contributed by atoms with van der Waals surface area (Å²) in [6.45, 7) is 8.38. The van der Waals surface area contributed by atoms with Crippen LogP contribution in [0.25, 0.3) is 0 Å². The number of esters is 1. The predicted octanol–water partition coefficient (Wildman–Crippen LogP) is -8.70. The van der Waals surface area contributed by atoms with E-state index in [0.29, 0.717) is 32.1 Å². The van der Waals surface area contributed by atoms with Gasteiger partial charge in [-0.15, -0.1) is 0 Å². The van der Waals surface area contributed by atoms with Gasteiger partial charge in [-0.25, -0.2) is 0 Å². The maximum Gasteiger partial charge on any atom is 0.317 e. The summed E-state index contributed by atoms with van der Waals surface area (Å²) < 4.78 is 81.7. The van der Waals surface area contributed by atoms with Gasteiger partial charge in [-0.1, -0.05) is 53.2 Å². The van der Waals surface area contributed by atoms with Crippen molar-refractivity contribution in [1.29, 1.82) is 0 Å². The lowest BCUT2D eigenvalue weighted by Crippen LogP contribution is -2.70. The van der Waals surface area contributed by atoms with Crippen molar-refractivity contribution in [2.45, 2.75) is 308 Å². The van der Waals surface area contributed by atoms with Gasteiger partial charge >= 0.3 is 5.97 Å². The SMILES string of the molecule is C[C@@H]1O[C@@H](O[C@H]2[C@H](OC(=O)[C@]34CCC(C)(C)C[C@@H]3C3=CC[C@@H]5[C@@]6(C)C[C@H](O)[C@H](O[C@@H]7O[C@H](CO[C@@H]8O[C@H](CO[C@@H]9O[C@H](CO)[C@@H](O)[C@H](O)[C@H]9O)[C@@H](O)[C@H](O)[C@H]8O)[C@@H](O)[C@H](O)[C@H]7O)[C@@](C)(CO)[C@H]6CC[C@@]5(C)[C@]3(C)C[C@H]4O)OC[C@H](O)[C@@H]2O)[C@H](O)[C@H](O)[C@H]1O[C@@H]1OC[C@@H](O)[C@H](O[C@@H]2OC[C@](O)(CO)[C@H]2O)[C@H]1O. The van der Waals surface area contributed by atoms with Crippen LogP contribution in [0, 0.1) is 50.2 Å². The maximum atomic E-state index is 15.6. The average Bonchev–Trinajstić information content (AvgIpc) is 0.711. The number of carbonyl (C=O) groups is 1. The summed E-state index contributed by atoms with van der Waals surface area (Å²) in [4.78, 5) is 15.6. The first kappa shape index (κ1) is 83.2. The lowest BCUT2D eigenvalue weighted by Gasteiger charge is -2.72. The van der Waals surface area contributed by atoms with Gasteiger partial charge in [0.15, 0.2) is 43.8 Å². The molecule has 11 fully saturated rings. The quantitative estimate of drug-likeness (QED) is 0.0324. The monoisotopic (exact) mass is 1530 g/mol. The number of aliphatic hydroxyl groups excluding tert-OH is 21. The number of hydrogen-bond acceptors (Lipinski definition) is 37. The van der Waals surface area contributed by atoms with Gasteiger partial charge < -0.3 is 179 Å². The van der Waals surface area contributed by atoms with E-state index in [1.54, 1.807) is 6.92 Å². The smallest absolute Gasteiger partial charge is 0.317 e. The Hall–Kier alpha value is -2.19. The summed E-state index contributed by atoms with van der Waals surface area (Å²) in [5.41, 5.74) is -6.81. The number of fused-ring (bicyclic) bond motifs is 7. The summed E-state index contributed by atoms with van der Waals surface area (Å²) in [7, 11) is 0. The Bertz CT molecular complexity index is 3030. The Morgan fingerprint density at radius 2 is 1.05 bits per heavy atom. The molecule has 37 nitrogen and oxygen atoms in total. The van der Waals surface area contributed by atoms with Crippen LogP contribution in [0.1, 0.15) is 99.8 Å². The second-order valence-corrected chi connectivity index (χ2v) is 33.7. The van der Waals surface area contributed by atoms with E-state index < -0.39 is 306 Å². The molecule has 106 heavy (non-hydrogen) atoms. The summed E-state index contributed by atoms with van der Waals surface area (Å²) in [5, 5.41) is 243. The third-order valence-electron chi connectivity index (χ3n) is 26.7. The fourth-order valence-corrected chi connectivity index (χ4v) is 20.1. The first-order valence-corrected chi connectivity index (χ1v) is 36.7. The minimum Gasteiger partial charge on any atom is -0.432 e. The first-order valence-electron chi connectivity index (χ1n) is 36.7. The molecule has 610 valence electrons. The van der Waals surface area contributed by atoms with Crippen LogP contribution in [-0.2, 0) is 71.1 Å². The van der Waals surface area contributed by atoms with E-state index in [0.717, 1.165) is 5.57 Å². The molecule has 0 aromatic heterocycles. The lowest BCUT2D eigenvalue weighted by atomic mass is 9.33. The van der Waals surface area contributed by atoms with Crippen molar-refractivity contribution < 1.29 is 183 Å². The Kier molecular flexibility index (Phi) is 24.5. The zero-order valence-corrected chi connectivity index (χ0v) is 60.1. The highest BCUT2D eigenvalue weighted by Crippen LogP contribution is 2.76. The molecule has 0 bridgehead atoms. The molecule has 7 heterocycles. The van der Waals surface area contributed by atoms with E-state index in [9.17, 15) is 112 Å². The highest BCUT2D eigenvalue weighted by atomic mass is 16.8. The molecule has 12 rings (SSSR count). The molecule has 37 heteroatoms. The minimum atomic E-state index is -2.10. The molecule has 0 aromatic rings. The zero-order chi connectivity index (χ0) is 77.4. The van der Waals surface area contributed by atoms with Gasteiger partial charge in [0.2, 0.25) is 6.29 Å². The van der Waals surface area contributed by atoms with Crippen LogP contribution in [-0.4, -0.2) is 380 Å². The van der Waals surface area contributed by atoms with Crippen LogP contribution in [0.3, 0.4) is 0 Å². The summed E-state index contributed by atoms with van der Waals surface area (Å²) in [5.74, 6) is -2.23. The van der Waals surface area contributed by atoms with Gasteiger partial charge in [-0.2, -0.15) is 0 Å². The van der Waals surface area contributed by atoms with Crippen molar-refractivity contribution in [3.8, 4) is 0 Å². The molecule has 0 aromatic carbocycles. The summed E-state index contributed by atoms with van der Waals surface area (Å²) in [6, 6.07) is 0. The normalized spacial score (nSPS) is 55.3. The third-order valence-corrected chi connectivity index (χ3v) is 26.7. The largest absolute Gasteiger partial charge is 0.432 e. The molecule has 4 saturated carbocycles. The van der Waals surface area contributed by atoms with E-state index in [-0.39, 0.29) is 30.6 Å². The fourth-order valence-electron chi connectivity index (χ4n) is 20.1. The van der Waals surface area contributed by atoms with E-state index in [1.807, 2.05) is 0 Å². The molecule has 0 radical (unpaired) electrons. The molecule has 0 spiro atoms. The van der Waals surface area contributed by atoms with E-state index >= 15 is 4.79 Å². The molecular formula is C69H112O37. The van der Waals surface area contributed by atoms with Crippen LogP contribution < -0.4 is 0 Å². The highest BCUT2D eigenvalue weighted by Gasteiger charge is 2.74. The van der Waals surface area contributed by atoms with Crippen molar-refractivity contribution >= 4 is 5.97 Å². The number of allylic oxidation sites excluding steroid dienone is 2. The highest BCUT2D eigenvalue weighted by molar-refractivity contribution is 5.80. The molecule has 22 N–H and O–H groups in total. The van der Waals surface area contributed by atoms with E-state index in [4.69, 9.17) is 66.3 Å². The Labute approximate surface area is 610 Å². The number of ether oxygens (including phenoxy) is 14. The van der Waals surface area contributed by atoms with Crippen molar-refractivity contribution in [2.24, 2.45) is 50.2 Å². The molecule has 7 saturated heterocycles. The van der Waals surface area contributed by atoms with E-state index in [2.05, 4.69) is 40.7 Å². The minimum absolute atomic E-state index is 0.0488. The van der Waals surface area contributed by atoms with Crippen LogP contribution >= 0.6 is 0 Å². The van der Waals surface area contributed by atoms with Crippen LogP contribution in [0.5, 0.6) is 0 Å². The van der Waals surface area contributed by atoms with Crippen molar-refractivity contribution in [3.63, 3.8) is 0 Å². The van der Waals surface area contributed by atoms with Gasteiger partial charge in [-0.3, -0.25) is 4.79 Å². The topological polar surface area (TPSA) is 591 Å². The average molecular weight is 1530 g/mol. The first-order chi connectivity index (χ1) is 49.7. The molecule has 0 amide bonds. The Morgan fingerprint density at radius 1 is 0.500 bits per heavy atom. The van der Waals surface area contributed by atoms with Gasteiger partial charge in [0.05, 0.1) is 77.3 Å². The second kappa shape index (κ2) is 31.2. The molecule has 7 aliphatic heterocycles. The van der Waals surface area contributed by atoms with Crippen molar-refractivity contribution in [3.05, 3.63) is 11.6 Å². The number of carbonyl (C=O) groups excluding carboxylic acids is 1. The predicted molar refractivity (Wildman–Crippen MR) is 345 cm³/mol. The van der Waals surface area contributed by atoms with Crippen LogP contribution in [0.15, 0.2) is 11.6 Å². The van der Waals surface area contributed by atoms with Gasteiger partial charge in [0, 0.05) is 5.41 Å². The van der Waals surface area contributed by atoms with Gasteiger partial charge in [0.25, 0.3) is 0 Å². The summed E-state index contributed by atoms with van der Waals surface area (Å²) in [6.07, 6.45) is -51.7.